The van der Waals surface area contributed by atoms with E-state index >= 15 is 0 Å². The molecule has 50 heavy (non-hydrogen) atoms. The van der Waals surface area contributed by atoms with Crippen LogP contribution in [-0.2, 0) is 22.4 Å². The van der Waals surface area contributed by atoms with Crippen molar-refractivity contribution in [3.05, 3.63) is 119 Å². The molecule has 12 heteroatoms. The highest BCUT2D eigenvalue weighted by atomic mass is 16.6. The Balaban J connectivity index is 1.00. The van der Waals surface area contributed by atoms with Gasteiger partial charge >= 0.3 is 11.9 Å². The largest absolute Gasteiger partial charge is 0.506 e. The Morgan fingerprint density at radius 1 is 0.560 bits per heavy atom. The van der Waals surface area contributed by atoms with Gasteiger partial charge in [-0.05, 0) is 97.5 Å². The number of aromatic hydroxyl groups is 2. The third kappa shape index (κ3) is 6.72. The van der Waals surface area contributed by atoms with E-state index in [0.717, 1.165) is 11.1 Å². The number of aryl methyl sites for hydroxylation is 4. The van der Waals surface area contributed by atoms with Crippen LogP contribution >= 0.6 is 0 Å². The third-order valence-corrected chi connectivity index (χ3v) is 8.26. The van der Waals surface area contributed by atoms with Crippen molar-refractivity contribution in [1.82, 2.24) is 30.0 Å². The van der Waals surface area contributed by atoms with E-state index in [9.17, 15) is 19.8 Å². The normalized spacial score (nSPS) is 11.2. The van der Waals surface area contributed by atoms with Gasteiger partial charge in [0.05, 0.1) is 0 Å². The fourth-order valence-electron chi connectivity index (χ4n) is 5.54. The summed E-state index contributed by atoms with van der Waals surface area (Å²) >= 11 is 0. The SMILES string of the molecule is Cc1ccc(C)c(OC(=O)CCc2ccc(O)c(-n3nc4ccccc4n3)c2)c1OC(=O)CCc1ccc(O)c(-n2nc3ccccc3n2)c1. The Hall–Kier alpha value is -6.56. The molecule has 250 valence electrons. The summed E-state index contributed by atoms with van der Waals surface area (Å²) in [6.45, 7) is 3.55. The maximum Gasteiger partial charge on any atom is 0.311 e. The zero-order chi connectivity index (χ0) is 34.8. The molecular formula is C38H32N6O6. The first-order valence-electron chi connectivity index (χ1n) is 16.0. The summed E-state index contributed by atoms with van der Waals surface area (Å²) in [5, 5.41) is 38.8. The van der Waals surface area contributed by atoms with Gasteiger partial charge in [-0.25, -0.2) is 0 Å². The van der Waals surface area contributed by atoms with Crippen LogP contribution in [-0.4, -0.2) is 52.1 Å². The zero-order valence-corrected chi connectivity index (χ0v) is 27.3. The quantitative estimate of drug-likeness (QED) is 0.126. The summed E-state index contributed by atoms with van der Waals surface area (Å²) in [4.78, 5) is 28.9. The number of carbonyl (C=O) groups excluding carboxylic acids is 2. The van der Waals surface area contributed by atoms with Gasteiger partial charge in [-0.15, -0.1) is 30.0 Å². The predicted molar refractivity (Wildman–Crippen MR) is 185 cm³/mol. The number of rotatable bonds is 10. The van der Waals surface area contributed by atoms with Crippen LogP contribution in [0.4, 0.5) is 0 Å². The van der Waals surface area contributed by atoms with E-state index in [1.165, 1.54) is 9.59 Å². The summed E-state index contributed by atoms with van der Waals surface area (Å²) in [6.07, 6.45) is 0.712. The first-order chi connectivity index (χ1) is 24.2. The van der Waals surface area contributed by atoms with Crippen LogP contribution in [0.2, 0.25) is 0 Å². The average Bonchev–Trinajstić information content (AvgIpc) is 3.75. The van der Waals surface area contributed by atoms with E-state index in [1.807, 2.05) is 48.5 Å². The second kappa shape index (κ2) is 13.5. The summed E-state index contributed by atoms with van der Waals surface area (Å²) in [5.41, 5.74) is 6.38. The number of carbonyl (C=O) groups is 2. The second-order valence-electron chi connectivity index (χ2n) is 11.9. The average molecular weight is 669 g/mol. The fourth-order valence-corrected chi connectivity index (χ4v) is 5.54. The van der Waals surface area contributed by atoms with Crippen molar-refractivity contribution in [1.29, 1.82) is 0 Å². The van der Waals surface area contributed by atoms with E-state index in [-0.39, 0.29) is 35.8 Å². The third-order valence-electron chi connectivity index (χ3n) is 8.26. The van der Waals surface area contributed by atoms with Crippen molar-refractivity contribution in [3.63, 3.8) is 0 Å². The molecule has 0 saturated heterocycles. The minimum atomic E-state index is -0.509. The standard InChI is InChI=1S/C38H32N6O6/c1-23-11-12-24(2)38(50-36(48)20-16-26-14-18-34(46)32(22-26)44-41-29-9-5-6-10-30(29)42-44)37(23)49-35(47)19-15-25-13-17-33(45)31(21-25)43-39-27-7-3-4-8-28(27)40-43/h3-14,17-18,21-22,45-46H,15-16,19-20H2,1-2H3. The minimum Gasteiger partial charge on any atom is -0.506 e. The Morgan fingerprint density at radius 3 is 1.28 bits per heavy atom. The summed E-state index contributed by atoms with van der Waals surface area (Å²) in [5.74, 6) is -0.632. The van der Waals surface area contributed by atoms with Crippen LogP contribution in [0.15, 0.2) is 97.1 Å². The zero-order valence-electron chi connectivity index (χ0n) is 27.3. The number of fused-ring (bicyclic) bond motifs is 2. The van der Waals surface area contributed by atoms with E-state index in [4.69, 9.17) is 9.47 Å². The van der Waals surface area contributed by atoms with Crippen LogP contribution in [0.5, 0.6) is 23.0 Å². The summed E-state index contributed by atoms with van der Waals surface area (Å²) in [7, 11) is 0. The van der Waals surface area contributed by atoms with Crippen molar-refractivity contribution in [2.45, 2.75) is 39.5 Å². The molecule has 0 fully saturated rings. The molecule has 0 bridgehead atoms. The molecule has 0 saturated carbocycles. The molecule has 0 atom stereocenters. The number of nitrogens with zero attached hydrogens (tertiary/aromatic N) is 6. The van der Waals surface area contributed by atoms with Crippen molar-refractivity contribution >= 4 is 34.0 Å². The van der Waals surface area contributed by atoms with Crippen molar-refractivity contribution in [2.75, 3.05) is 0 Å². The van der Waals surface area contributed by atoms with Crippen LogP contribution in [0.1, 0.15) is 35.1 Å². The molecule has 0 radical (unpaired) electrons. The number of aromatic nitrogens is 6. The van der Waals surface area contributed by atoms with Gasteiger partial charge < -0.3 is 19.7 Å². The molecule has 0 aliphatic carbocycles. The summed E-state index contributed by atoms with van der Waals surface area (Å²) < 4.78 is 11.6. The van der Waals surface area contributed by atoms with Gasteiger partial charge in [0.2, 0.25) is 0 Å². The lowest BCUT2D eigenvalue weighted by molar-refractivity contribution is -0.137. The Morgan fingerprint density at radius 2 is 0.920 bits per heavy atom. The molecule has 7 rings (SSSR count). The van der Waals surface area contributed by atoms with Crippen LogP contribution in [0.3, 0.4) is 0 Å². The molecule has 0 spiro atoms. The molecular weight excluding hydrogens is 636 g/mol. The lowest BCUT2D eigenvalue weighted by Crippen LogP contribution is -2.15. The highest BCUT2D eigenvalue weighted by Crippen LogP contribution is 2.35. The molecule has 2 N–H and O–H groups in total. The van der Waals surface area contributed by atoms with Crippen LogP contribution in [0, 0.1) is 13.8 Å². The molecule has 0 aliphatic heterocycles. The first-order valence-corrected chi connectivity index (χ1v) is 16.0. The van der Waals surface area contributed by atoms with Gasteiger partial charge in [0, 0.05) is 12.8 Å². The van der Waals surface area contributed by atoms with E-state index in [2.05, 4.69) is 20.4 Å². The highest BCUT2D eigenvalue weighted by Gasteiger charge is 2.20. The molecule has 12 nitrogen and oxygen atoms in total. The van der Waals surface area contributed by atoms with Crippen LogP contribution < -0.4 is 9.47 Å². The predicted octanol–water partition coefficient (Wildman–Crippen LogP) is 6.26. The highest BCUT2D eigenvalue weighted by molar-refractivity contribution is 5.78. The molecule has 5 aromatic carbocycles. The van der Waals surface area contributed by atoms with Gasteiger partial charge in [-0.1, -0.05) is 48.5 Å². The lowest BCUT2D eigenvalue weighted by Gasteiger charge is -2.15. The molecule has 2 heterocycles. The molecule has 0 aliphatic rings. The molecule has 2 aromatic heterocycles. The van der Waals surface area contributed by atoms with Gasteiger partial charge in [-0.3, -0.25) is 9.59 Å². The topological polar surface area (TPSA) is 154 Å². The van der Waals surface area contributed by atoms with E-state index < -0.39 is 11.9 Å². The smallest absolute Gasteiger partial charge is 0.311 e. The molecule has 0 amide bonds. The van der Waals surface area contributed by atoms with Crippen molar-refractivity contribution in [3.8, 4) is 34.4 Å². The van der Waals surface area contributed by atoms with Gasteiger partial charge in [-0.2, -0.15) is 0 Å². The maximum atomic E-state index is 13.1. The van der Waals surface area contributed by atoms with Crippen molar-refractivity contribution in [2.24, 2.45) is 0 Å². The van der Waals surface area contributed by atoms with E-state index in [0.29, 0.717) is 57.4 Å². The summed E-state index contributed by atoms with van der Waals surface area (Å²) in [6, 6.07) is 28.4. The van der Waals surface area contributed by atoms with Gasteiger partial charge in [0.1, 0.15) is 44.9 Å². The molecule has 7 aromatic rings. The fraction of sp³-hybridized carbons (Fsp3) is 0.158. The number of hydrogen-bond donors (Lipinski definition) is 2. The van der Waals surface area contributed by atoms with E-state index in [1.54, 1.807) is 62.4 Å². The Labute approximate surface area is 286 Å². The maximum absolute atomic E-state index is 13.1. The Bertz CT molecular complexity index is 2170. The second-order valence-corrected chi connectivity index (χ2v) is 11.9. The minimum absolute atomic E-state index is 0.00734. The number of phenols is 2. The number of esters is 2. The van der Waals surface area contributed by atoms with Gasteiger partial charge in [0.25, 0.3) is 0 Å². The number of ether oxygens (including phenoxy) is 2. The molecule has 0 unspecified atom stereocenters. The van der Waals surface area contributed by atoms with Crippen LogP contribution in [0.25, 0.3) is 33.4 Å². The van der Waals surface area contributed by atoms with Gasteiger partial charge in [0.15, 0.2) is 11.5 Å². The number of phenolic OH excluding ortho intramolecular Hbond substituents is 2. The number of hydrogen-bond acceptors (Lipinski definition) is 10. The number of benzene rings is 5. The monoisotopic (exact) mass is 668 g/mol. The first kappa shape index (κ1) is 32.0. The van der Waals surface area contributed by atoms with Crippen molar-refractivity contribution < 1.29 is 29.3 Å². The Kier molecular flexibility index (Phi) is 8.65. The lowest BCUT2D eigenvalue weighted by atomic mass is 10.1.